The number of carboxylic acid groups (broad SMARTS) is 1. The standard InChI is InChI=1S/C13H15NO3/c1-2-9-8-14(6-7-15)12-10(9)4-3-5-11(12)13(16)17/h3-5,8,15H,2,6-7H2,1H3,(H,16,17). The lowest BCUT2D eigenvalue weighted by Gasteiger charge is -2.05. The Hall–Kier alpha value is -1.81. The van der Waals surface area contributed by atoms with Gasteiger partial charge in [-0.1, -0.05) is 19.1 Å². The Labute approximate surface area is 99.1 Å². The van der Waals surface area contributed by atoms with Crippen molar-refractivity contribution in [2.24, 2.45) is 0 Å². The van der Waals surface area contributed by atoms with Crippen molar-refractivity contribution in [3.05, 3.63) is 35.5 Å². The van der Waals surface area contributed by atoms with Crippen LogP contribution in [0.25, 0.3) is 10.9 Å². The van der Waals surface area contributed by atoms with Crippen molar-refractivity contribution in [1.29, 1.82) is 0 Å². The molecular weight excluding hydrogens is 218 g/mol. The molecule has 0 radical (unpaired) electrons. The van der Waals surface area contributed by atoms with Gasteiger partial charge in [-0.25, -0.2) is 4.79 Å². The fraction of sp³-hybridized carbons (Fsp3) is 0.308. The maximum Gasteiger partial charge on any atom is 0.337 e. The third-order valence-corrected chi connectivity index (χ3v) is 2.93. The second kappa shape index (κ2) is 4.59. The maximum absolute atomic E-state index is 11.2. The number of nitrogens with zero attached hydrogens (tertiary/aromatic N) is 1. The smallest absolute Gasteiger partial charge is 0.337 e. The Bertz CT molecular complexity index is 557. The van der Waals surface area contributed by atoms with Crippen molar-refractivity contribution in [3.8, 4) is 0 Å². The fourth-order valence-electron chi connectivity index (χ4n) is 2.17. The van der Waals surface area contributed by atoms with E-state index in [1.165, 1.54) is 0 Å². The van der Waals surface area contributed by atoms with Crippen LogP contribution in [-0.2, 0) is 13.0 Å². The number of carbonyl (C=O) groups is 1. The Morgan fingerprint density at radius 3 is 2.76 bits per heavy atom. The summed E-state index contributed by atoms with van der Waals surface area (Å²) in [5.74, 6) is -0.935. The number of rotatable bonds is 4. The summed E-state index contributed by atoms with van der Waals surface area (Å²) in [6, 6.07) is 5.28. The zero-order valence-corrected chi connectivity index (χ0v) is 9.68. The van der Waals surface area contributed by atoms with Crippen LogP contribution in [0.1, 0.15) is 22.8 Å². The van der Waals surface area contributed by atoms with Gasteiger partial charge in [-0.2, -0.15) is 0 Å². The predicted octanol–water partition coefficient (Wildman–Crippen LogP) is 1.89. The van der Waals surface area contributed by atoms with E-state index in [0.29, 0.717) is 12.1 Å². The van der Waals surface area contributed by atoms with E-state index in [9.17, 15) is 9.90 Å². The first kappa shape index (κ1) is 11.7. The van der Waals surface area contributed by atoms with Gasteiger partial charge in [0.2, 0.25) is 0 Å². The van der Waals surface area contributed by atoms with Crippen LogP contribution in [0.5, 0.6) is 0 Å². The summed E-state index contributed by atoms with van der Waals surface area (Å²) >= 11 is 0. The van der Waals surface area contributed by atoms with Gasteiger partial charge in [0.05, 0.1) is 17.7 Å². The van der Waals surface area contributed by atoms with Crippen molar-refractivity contribution >= 4 is 16.9 Å². The number of aromatic carboxylic acids is 1. The maximum atomic E-state index is 11.2. The van der Waals surface area contributed by atoms with Gasteiger partial charge in [-0.05, 0) is 18.1 Å². The molecule has 1 aromatic heterocycles. The highest BCUT2D eigenvalue weighted by Gasteiger charge is 2.14. The number of fused-ring (bicyclic) bond motifs is 1. The molecule has 4 nitrogen and oxygen atoms in total. The number of carboxylic acids is 1. The highest BCUT2D eigenvalue weighted by Crippen LogP contribution is 2.25. The van der Waals surface area contributed by atoms with Crippen LogP contribution in [0.2, 0.25) is 0 Å². The van der Waals surface area contributed by atoms with Crippen LogP contribution >= 0.6 is 0 Å². The normalized spacial score (nSPS) is 10.9. The van der Waals surface area contributed by atoms with E-state index in [-0.39, 0.29) is 12.2 Å². The minimum absolute atomic E-state index is 0.000881. The summed E-state index contributed by atoms with van der Waals surface area (Å²) < 4.78 is 1.82. The van der Waals surface area contributed by atoms with Gasteiger partial charge in [0.1, 0.15) is 0 Å². The summed E-state index contributed by atoms with van der Waals surface area (Å²) in [7, 11) is 0. The third-order valence-electron chi connectivity index (χ3n) is 2.93. The van der Waals surface area contributed by atoms with Gasteiger partial charge < -0.3 is 14.8 Å². The van der Waals surface area contributed by atoms with E-state index in [0.717, 1.165) is 17.4 Å². The number of para-hydroxylation sites is 1. The number of aliphatic hydroxyl groups is 1. The molecule has 0 saturated carbocycles. The summed E-state index contributed by atoms with van der Waals surface area (Å²) in [5, 5.41) is 19.2. The molecule has 0 aliphatic heterocycles. The number of hydrogen-bond donors (Lipinski definition) is 2. The Balaban J connectivity index is 2.76. The summed E-state index contributed by atoms with van der Waals surface area (Å²) in [5.41, 5.74) is 2.10. The zero-order valence-electron chi connectivity index (χ0n) is 9.68. The van der Waals surface area contributed by atoms with E-state index in [2.05, 4.69) is 0 Å². The molecule has 0 aliphatic rings. The van der Waals surface area contributed by atoms with E-state index >= 15 is 0 Å². The average Bonchev–Trinajstić information content (AvgIpc) is 2.68. The molecule has 17 heavy (non-hydrogen) atoms. The lowest BCUT2D eigenvalue weighted by Crippen LogP contribution is -2.05. The number of hydrogen-bond acceptors (Lipinski definition) is 2. The van der Waals surface area contributed by atoms with Crippen molar-refractivity contribution in [3.63, 3.8) is 0 Å². The molecular formula is C13H15NO3. The van der Waals surface area contributed by atoms with Crippen molar-refractivity contribution in [2.45, 2.75) is 19.9 Å². The summed E-state index contributed by atoms with van der Waals surface area (Å²) in [6.45, 7) is 2.45. The van der Waals surface area contributed by atoms with Crippen LogP contribution in [0.4, 0.5) is 0 Å². The Kier molecular flexibility index (Phi) is 3.15. The first-order valence-electron chi connectivity index (χ1n) is 5.64. The minimum Gasteiger partial charge on any atom is -0.478 e. The predicted molar refractivity (Wildman–Crippen MR) is 65.4 cm³/mol. The average molecular weight is 233 g/mol. The van der Waals surface area contributed by atoms with Crippen molar-refractivity contribution in [1.82, 2.24) is 4.57 Å². The fourth-order valence-corrected chi connectivity index (χ4v) is 2.17. The number of aromatic nitrogens is 1. The summed E-state index contributed by atoms with van der Waals surface area (Å²) in [4.78, 5) is 11.2. The lowest BCUT2D eigenvalue weighted by atomic mass is 10.1. The van der Waals surface area contributed by atoms with Crippen LogP contribution in [0.15, 0.2) is 24.4 Å². The second-order valence-corrected chi connectivity index (χ2v) is 3.93. The summed E-state index contributed by atoms with van der Waals surface area (Å²) in [6.07, 6.45) is 2.77. The minimum atomic E-state index is -0.935. The first-order chi connectivity index (χ1) is 8.19. The topological polar surface area (TPSA) is 62.5 Å². The molecule has 0 aliphatic carbocycles. The SMILES string of the molecule is CCc1cn(CCO)c2c(C(=O)O)cccc12. The molecule has 0 fully saturated rings. The highest BCUT2D eigenvalue weighted by molar-refractivity contribution is 6.03. The molecule has 0 unspecified atom stereocenters. The Morgan fingerprint density at radius 2 is 2.18 bits per heavy atom. The van der Waals surface area contributed by atoms with Crippen molar-refractivity contribution < 1.29 is 15.0 Å². The molecule has 2 rings (SSSR count). The number of aliphatic hydroxyl groups excluding tert-OH is 1. The molecule has 1 heterocycles. The van der Waals surface area contributed by atoms with Crippen LogP contribution in [0.3, 0.4) is 0 Å². The van der Waals surface area contributed by atoms with E-state index < -0.39 is 5.97 Å². The molecule has 90 valence electrons. The molecule has 0 saturated heterocycles. The van der Waals surface area contributed by atoms with E-state index in [4.69, 9.17) is 5.11 Å². The molecule has 2 aromatic rings. The Morgan fingerprint density at radius 1 is 1.41 bits per heavy atom. The van der Waals surface area contributed by atoms with Crippen LogP contribution < -0.4 is 0 Å². The first-order valence-corrected chi connectivity index (χ1v) is 5.64. The largest absolute Gasteiger partial charge is 0.478 e. The van der Waals surface area contributed by atoms with Gasteiger partial charge >= 0.3 is 5.97 Å². The molecule has 0 atom stereocenters. The number of aryl methyl sites for hydroxylation is 1. The highest BCUT2D eigenvalue weighted by atomic mass is 16.4. The van der Waals surface area contributed by atoms with Gasteiger partial charge in [0, 0.05) is 18.1 Å². The molecule has 4 heteroatoms. The molecule has 0 spiro atoms. The second-order valence-electron chi connectivity index (χ2n) is 3.93. The molecule has 0 bridgehead atoms. The van der Waals surface area contributed by atoms with Gasteiger partial charge in [0.15, 0.2) is 0 Å². The molecule has 0 amide bonds. The molecule has 2 N–H and O–H groups in total. The lowest BCUT2D eigenvalue weighted by molar-refractivity contribution is 0.0698. The van der Waals surface area contributed by atoms with Crippen LogP contribution in [0, 0.1) is 0 Å². The monoisotopic (exact) mass is 233 g/mol. The van der Waals surface area contributed by atoms with Gasteiger partial charge in [-0.3, -0.25) is 0 Å². The van der Waals surface area contributed by atoms with E-state index in [1.54, 1.807) is 12.1 Å². The van der Waals surface area contributed by atoms with Crippen molar-refractivity contribution in [2.75, 3.05) is 6.61 Å². The van der Waals surface area contributed by atoms with E-state index in [1.807, 2.05) is 23.8 Å². The van der Waals surface area contributed by atoms with Gasteiger partial charge in [0.25, 0.3) is 0 Å². The quantitative estimate of drug-likeness (QED) is 0.847. The zero-order chi connectivity index (χ0) is 12.4. The molecule has 1 aromatic carbocycles. The number of benzene rings is 1. The third kappa shape index (κ3) is 1.91. The van der Waals surface area contributed by atoms with Crippen LogP contribution in [-0.4, -0.2) is 27.4 Å². The van der Waals surface area contributed by atoms with Gasteiger partial charge in [-0.15, -0.1) is 0 Å².